The Bertz CT molecular complexity index is 364. The largest absolute Gasteiger partial charge is 0.371 e. The first-order valence-electron chi connectivity index (χ1n) is 7.53. The number of hydrogen-bond donors (Lipinski definition) is 1. The number of hydrogen-bond acceptors (Lipinski definition) is 2. The van der Waals surface area contributed by atoms with E-state index in [9.17, 15) is 4.39 Å². The number of nitrogens with one attached hydrogen (secondary N) is 1. The molecule has 0 bridgehead atoms. The Labute approximate surface area is 116 Å². The Hall–Kier alpha value is -1.09. The third-order valence-electron chi connectivity index (χ3n) is 3.88. The summed E-state index contributed by atoms with van der Waals surface area (Å²) >= 11 is 0. The van der Waals surface area contributed by atoms with Gasteiger partial charge in [-0.05, 0) is 56.5 Å². The smallest absolute Gasteiger partial charge is 0.123 e. The minimum Gasteiger partial charge on any atom is -0.371 e. The van der Waals surface area contributed by atoms with Crippen molar-refractivity contribution in [2.24, 2.45) is 0 Å². The molecule has 106 valence electrons. The molecule has 0 saturated carbocycles. The molecule has 3 heteroatoms. The van der Waals surface area contributed by atoms with Crippen molar-refractivity contribution in [2.45, 2.75) is 45.1 Å². The van der Waals surface area contributed by atoms with E-state index in [2.05, 4.69) is 17.1 Å². The van der Waals surface area contributed by atoms with Crippen LogP contribution < -0.4 is 10.2 Å². The lowest BCUT2D eigenvalue weighted by molar-refractivity contribution is 0.464. The standard InChI is InChI=1S/C16H25FN2/c1-2-3-11-18-15-5-4-12-19(13-10-15)16-8-6-14(17)7-9-16/h6-9,15,18H,2-5,10-13H2,1H3. The minimum absolute atomic E-state index is 0.155. The minimum atomic E-state index is -0.155. The first kappa shape index (κ1) is 14.3. The molecule has 0 spiro atoms. The molecule has 0 amide bonds. The van der Waals surface area contributed by atoms with E-state index in [1.807, 2.05) is 12.1 Å². The van der Waals surface area contributed by atoms with Crippen LogP contribution in [0.25, 0.3) is 0 Å². The van der Waals surface area contributed by atoms with E-state index >= 15 is 0 Å². The van der Waals surface area contributed by atoms with Gasteiger partial charge in [0.15, 0.2) is 0 Å². The molecular formula is C16H25FN2. The highest BCUT2D eigenvalue weighted by Gasteiger charge is 2.16. The van der Waals surface area contributed by atoms with Crippen LogP contribution in [0.1, 0.15) is 39.0 Å². The second kappa shape index (κ2) is 7.49. The van der Waals surface area contributed by atoms with Gasteiger partial charge in [-0.2, -0.15) is 0 Å². The highest BCUT2D eigenvalue weighted by Crippen LogP contribution is 2.20. The average Bonchev–Trinajstić information content (AvgIpc) is 2.66. The van der Waals surface area contributed by atoms with Crippen LogP contribution in [0.4, 0.5) is 10.1 Å². The summed E-state index contributed by atoms with van der Waals surface area (Å²) < 4.78 is 12.9. The van der Waals surface area contributed by atoms with Crippen molar-refractivity contribution >= 4 is 5.69 Å². The van der Waals surface area contributed by atoms with Gasteiger partial charge in [-0.1, -0.05) is 13.3 Å². The van der Waals surface area contributed by atoms with Crippen LogP contribution in [0, 0.1) is 5.82 Å². The molecule has 0 radical (unpaired) electrons. The van der Waals surface area contributed by atoms with Gasteiger partial charge < -0.3 is 10.2 Å². The Morgan fingerprint density at radius 3 is 2.74 bits per heavy atom. The Balaban J connectivity index is 1.84. The fourth-order valence-corrected chi connectivity index (χ4v) is 2.69. The lowest BCUT2D eigenvalue weighted by Gasteiger charge is -2.23. The monoisotopic (exact) mass is 264 g/mol. The Kier molecular flexibility index (Phi) is 5.64. The second-order valence-corrected chi connectivity index (χ2v) is 5.40. The molecule has 1 aliphatic rings. The van der Waals surface area contributed by atoms with E-state index in [-0.39, 0.29) is 5.82 Å². The molecule has 0 aliphatic carbocycles. The Morgan fingerprint density at radius 1 is 1.21 bits per heavy atom. The van der Waals surface area contributed by atoms with E-state index < -0.39 is 0 Å². The van der Waals surface area contributed by atoms with Crippen LogP contribution in [0.3, 0.4) is 0 Å². The van der Waals surface area contributed by atoms with Gasteiger partial charge in [-0.3, -0.25) is 0 Å². The molecule has 1 aliphatic heterocycles. The highest BCUT2D eigenvalue weighted by atomic mass is 19.1. The number of anilines is 1. The summed E-state index contributed by atoms with van der Waals surface area (Å²) in [5, 5.41) is 3.66. The molecule has 2 nitrogen and oxygen atoms in total. The molecule has 1 aromatic rings. The second-order valence-electron chi connectivity index (χ2n) is 5.40. The molecule has 1 aromatic carbocycles. The molecule has 19 heavy (non-hydrogen) atoms. The van der Waals surface area contributed by atoms with Gasteiger partial charge in [-0.25, -0.2) is 4.39 Å². The maximum Gasteiger partial charge on any atom is 0.123 e. The molecule has 1 atom stereocenters. The van der Waals surface area contributed by atoms with Gasteiger partial charge in [0.1, 0.15) is 5.82 Å². The summed E-state index contributed by atoms with van der Waals surface area (Å²) in [4.78, 5) is 2.38. The van der Waals surface area contributed by atoms with Crippen molar-refractivity contribution in [3.63, 3.8) is 0 Å². The van der Waals surface area contributed by atoms with E-state index in [0.717, 1.165) is 25.3 Å². The number of rotatable bonds is 5. The van der Waals surface area contributed by atoms with Gasteiger partial charge in [0.2, 0.25) is 0 Å². The first-order chi connectivity index (χ1) is 9.29. The summed E-state index contributed by atoms with van der Waals surface area (Å²) in [7, 11) is 0. The van der Waals surface area contributed by atoms with Crippen LogP contribution in [0.15, 0.2) is 24.3 Å². The SMILES string of the molecule is CCCCNC1CCCN(c2ccc(F)cc2)CC1. The van der Waals surface area contributed by atoms with Crippen molar-refractivity contribution in [3.05, 3.63) is 30.1 Å². The number of benzene rings is 1. The third-order valence-corrected chi connectivity index (χ3v) is 3.88. The summed E-state index contributed by atoms with van der Waals surface area (Å²) in [5.41, 5.74) is 1.15. The van der Waals surface area contributed by atoms with E-state index in [4.69, 9.17) is 0 Å². The number of unbranched alkanes of at least 4 members (excludes halogenated alkanes) is 1. The molecule has 1 unspecified atom stereocenters. The van der Waals surface area contributed by atoms with Crippen LogP contribution in [-0.2, 0) is 0 Å². The molecule has 1 saturated heterocycles. The van der Waals surface area contributed by atoms with Crippen LogP contribution in [0.2, 0.25) is 0 Å². The normalized spacial score (nSPS) is 20.3. The van der Waals surface area contributed by atoms with Crippen LogP contribution in [-0.4, -0.2) is 25.7 Å². The van der Waals surface area contributed by atoms with E-state index in [0.29, 0.717) is 6.04 Å². The average molecular weight is 264 g/mol. The van der Waals surface area contributed by atoms with Crippen molar-refractivity contribution in [3.8, 4) is 0 Å². The van der Waals surface area contributed by atoms with E-state index in [1.54, 1.807) is 12.1 Å². The summed E-state index contributed by atoms with van der Waals surface area (Å²) in [6.07, 6.45) is 6.16. The predicted octanol–water partition coefficient (Wildman–Crippen LogP) is 3.57. The molecule has 1 heterocycles. The fourth-order valence-electron chi connectivity index (χ4n) is 2.69. The van der Waals surface area contributed by atoms with Gasteiger partial charge in [0, 0.05) is 24.8 Å². The van der Waals surface area contributed by atoms with Crippen LogP contribution >= 0.6 is 0 Å². The van der Waals surface area contributed by atoms with Gasteiger partial charge in [-0.15, -0.1) is 0 Å². The Morgan fingerprint density at radius 2 is 2.00 bits per heavy atom. The predicted molar refractivity (Wildman–Crippen MR) is 79.2 cm³/mol. The van der Waals surface area contributed by atoms with Gasteiger partial charge >= 0.3 is 0 Å². The zero-order chi connectivity index (χ0) is 13.5. The lowest BCUT2D eigenvalue weighted by atomic mass is 10.1. The van der Waals surface area contributed by atoms with Crippen LogP contribution in [0.5, 0.6) is 0 Å². The fraction of sp³-hybridized carbons (Fsp3) is 0.625. The van der Waals surface area contributed by atoms with Crippen molar-refractivity contribution < 1.29 is 4.39 Å². The van der Waals surface area contributed by atoms with Crippen molar-refractivity contribution in [2.75, 3.05) is 24.5 Å². The molecule has 1 N–H and O–H groups in total. The third kappa shape index (κ3) is 4.50. The zero-order valence-corrected chi connectivity index (χ0v) is 11.9. The number of halogens is 1. The van der Waals surface area contributed by atoms with Gasteiger partial charge in [0.05, 0.1) is 0 Å². The van der Waals surface area contributed by atoms with Gasteiger partial charge in [0.25, 0.3) is 0 Å². The molecule has 1 fully saturated rings. The maximum atomic E-state index is 12.9. The first-order valence-corrected chi connectivity index (χ1v) is 7.53. The highest BCUT2D eigenvalue weighted by molar-refractivity contribution is 5.46. The quantitative estimate of drug-likeness (QED) is 0.818. The van der Waals surface area contributed by atoms with E-state index in [1.165, 1.54) is 32.1 Å². The number of nitrogens with zero attached hydrogens (tertiary/aromatic N) is 1. The molecule has 0 aromatic heterocycles. The molecule has 2 rings (SSSR count). The molecular weight excluding hydrogens is 239 g/mol. The lowest BCUT2D eigenvalue weighted by Crippen LogP contribution is -2.31. The zero-order valence-electron chi connectivity index (χ0n) is 11.9. The van der Waals surface area contributed by atoms with Crippen molar-refractivity contribution in [1.82, 2.24) is 5.32 Å². The van der Waals surface area contributed by atoms with Crippen molar-refractivity contribution in [1.29, 1.82) is 0 Å². The summed E-state index contributed by atoms with van der Waals surface area (Å²) in [6, 6.07) is 7.53. The summed E-state index contributed by atoms with van der Waals surface area (Å²) in [6.45, 7) is 5.51. The topological polar surface area (TPSA) is 15.3 Å². The summed E-state index contributed by atoms with van der Waals surface area (Å²) in [5.74, 6) is -0.155. The maximum absolute atomic E-state index is 12.9.